The molecule has 0 aromatic heterocycles. The molecule has 81 valence electrons. The molecule has 13 heavy (non-hydrogen) atoms. The predicted octanol–water partition coefficient (Wildman–Crippen LogP) is 1.02. The first-order valence-corrected chi connectivity index (χ1v) is 3.27. The van der Waals surface area contributed by atoms with Gasteiger partial charge in [-0.15, -0.1) is 13.1 Å². The quantitative estimate of drug-likeness (QED) is 0.711. The molecular weight excluding hydrogens is 228 g/mol. The van der Waals surface area contributed by atoms with E-state index in [2.05, 4.69) is 0 Å². The van der Waals surface area contributed by atoms with Crippen LogP contribution in [0.25, 0.3) is 11.5 Å². The van der Waals surface area contributed by atoms with Gasteiger partial charge in [0.25, 0.3) is 0 Å². The third-order valence-electron chi connectivity index (χ3n) is 0.678. The Labute approximate surface area is 86.8 Å². The van der Waals surface area contributed by atoms with Crippen LogP contribution in [0.2, 0.25) is 0 Å². The predicted molar refractivity (Wildman–Crippen MR) is 42.9 cm³/mol. The first-order valence-electron chi connectivity index (χ1n) is 3.27. The third kappa shape index (κ3) is 34.6. The molecule has 0 amide bonds. The summed E-state index contributed by atoms with van der Waals surface area (Å²) in [5.74, 6) is -1.80. The largest absolute Gasteiger partial charge is 2.00 e. The van der Waals surface area contributed by atoms with E-state index in [-0.39, 0.29) is 43.0 Å². The van der Waals surface area contributed by atoms with Crippen LogP contribution < -0.4 is 0 Å². The maximum absolute atomic E-state index is 9.48. The molecular formula is C6H12CuN2O4. The van der Waals surface area contributed by atoms with Gasteiger partial charge in [-0.1, -0.05) is 0 Å². The second-order valence-electron chi connectivity index (χ2n) is 1.79. The molecule has 1 radical (unpaired) electrons. The van der Waals surface area contributed by atoms with Crippen molar-refractivity contribution in [1.29, 1.82) is 0 Å². The second kappa shape index (κ2) is 13.9. The molecule has 7 heteroatoms. The van der Waals surface area contributed by atoms with Gasteiger partial charge in [0.1, 0.15) is 0 Å². The fourth-order valence-corrected chi connectivity index (χ4v) is 0.214. The van der Waals surface area contributed by atoms with Crippen molar-refractivity contribution in [3.05, 3.63) is 11.5 Å². The van der Waals surface area contributed by atoms with Crippen molar-refractivity contribution in [3.63, 3.8) is 0 Å². The van der Waals surface area contributed by atoms with Crippen molar-refractivity contribution in [3.8, 4) is 0 Å². The SMILES string of the molecule is [Cu+2].[NH-]CCC(=O)O.[NH-]CCC(=O)O. The van der Waals surface area contributed by atoms with Gasteiger partial charge < -0.3 is 21.7 Å². The second-order valence-corrected chi connectivity index (χ2v) is 1.79. The number of hydrogen-bond acceptors (Lipinski definition) is 2. The summed E-state index contributed by atoms with van der Waals surface area (Å²) in [7, 11) is 0. The van der Waals surface area contributed by atoms with E-state index in [1.54, 1.807) is 0 Å². The maximum Gasteiger partial charge on any atom is 2.00 e. The fraction of sp³-hybridized carbons (Fsp3) is 0.667. The van der Waals surface area contributed by atoms with Crippen LogP contribution in [0, 0.1) is 0 Å². The average molecular weight is 240 g/mol. The Kier molecular flexibility index (Phi) is 19.5. The van der Waals surface area contributed by atoms with Crippen LogP contribution in [-0.4, -0.2) is 35.2 Å². The van der Waals surface area contributed by atoms with Crippen LogP contribution in [0.5, 0.6) is 0 Å². The summed E-state index contributed by atoms with van der Waals surface area (Å²) >= 11 is 0. The molecule has 0 saturated heterocycles. The van der Waals surface area contributed by atoms with Gasteiger partial charge in [0.2, 0.25) is 0 Å². The average Bonchev–Trinajstić information content (AvgIpc) is 1.87. The minimum atomic E-state index is -0.898. The van der Waals surface area contributed by atoms with E-state index < -0.39 is 11.9 Å². The molecule has 0 spiro atoms. The van der Waals surface area contributed by atoms with Gasteiger partial charge in [0, 0.05) is 12.8 Å². The Morgan fingerprint density at radius 3 is 1.15 bits per heavy atom. The molecule has 0 atom stereocenters. The van der Waals surface area contributed by atoms with Crippen LogP contribution in [0.1, 0.15) is 12.8 Å². The van der Waals surface area contributed by atoms with Gasteiger partial charge in [-0.3, -0.25) is 9.59 Å². The zero-order valence-corrected chi connectivity index (χ0v) is 7.78. The van der Waals surface area contributed by atoms with Gasteiger partial charge in [-0.05, 0) is 0 Å². The third-order valence-corrected chi connectivity index (χ3v) is 0.678. The Morgan fingerprint density at radius 2 is 1.15 bits per heavy atom. The molecule has 0 aliphatic heterocycles. The normalized spacial score (nSPS) is 7.54. The molecule has 6 nitrogen and oxygen atoms in total. The number of rotatable bonds is 4. The minimum Gasteiger partial charge on any atom is -0.677 e. The molecule has 0 unspecified atom stereocenters. The van der Waals surface area contributed by atoms with Crippen LogP contribution in [-0.2, 0) is 26.7 Å². The van der Waals surface area contributed by atoms with Crippen LogP contribution >= 0.6 is 0 Å². The zero-order valence-electron chi connectivity index (χ0n) is 6.84. The molecule has 4 N–H and O–H groups in total. The number of nitrogens with one attached hydrogen (secondary N) is 2. The number of aliphatic carboxylic acids is 2. The summed E-state index contributed by atoms with van der Waals surface area (Å²) < 4.78 is 0. The van der Waals surface area contributed by atoms with E-state index in [0.717, 1.165) is 0 Å². The molecule has 0 rings (SSSR count). The van der Waals surface area contributed by atoms with Crippen molar-refractivity contribution in [1.82, 2.24) is 0 Å². The van der Waals surface area contributed by atoms with E-state index >= 15 is 0 Å². The first-order chi connectivity index (χ1) is 5.54. The summed E-state index contributed by atoms with van der Waals surface area (Å²) in [5, 5.41) is 15.6. The van der Waals surface area contributed by atoms with Crippen LogP contribution in [0.4, 0.5) is 0 Å². The maximum atomic E-state index is 9.48. The van der Waals surface area contributed by atoms with Crippen molar-refractivity contribution in [2.24, 2.45) is 0 Å². The van der Waals surface area contributed by atoms with E-state index in [4.69, 9.17) is 21.7 Å². The van der Waals surface area contributed by atoms with E-state index in [0.29, 0.717) is 0 Å². The van der Waals surface area contributed by atoms with Gasteiger partial charge in [0.15, 0.2) is 0 Å². The van der Waals surface area contributed by atoms with Crippen molar-refractivity contribution >= 4 is 11.9 Å². The standard InChI is InChI=1S/2C3H6NO2.Cu/c2*4-2-1-3(5)6;/h2*4H,1-2H2,(H,5,6);/q2*-1;+2. The number of hydrogen-bond donors (Lipinski definition) is 2. The zero-order chi connectivity index (χ0) is 9.98. The summed E-state index contributed by atoms with van der Waals surface area (Å²) in [6, 6.07) is 0. The minimum absolute atomic E-state index is 0. The smallest absolute Gasteiger partial charge is 0.677 e. The molecule has 0 aliphatic carbocycles. The number of carboxylic acids is 2. The summed E-state index contributed by atoms with van der Waals surface area (Å²) in [4.78, 5) is 19.0. The topological polar surface area (TPSA) is 122 Å². The van der Waals surface area contributed by atoms with E-state index in [1.807, 2.05) is 0 Å². The van der Waals surface area contributed by atoms with Gasteiger partial charge in [0.05, 0.1) is 0 Å². The first kappa shape index (κ1) is 18.2. The van der Waals surface area contributed by atoms with Gasteiger partial charge in [-0.2, -0.15) is 0 Å². The Morgan fingerprint density at radius 1 is 0.923 bits per heavy atom. The van der Waals surface area contributed by atoms with Crippen LogP contribution in [0.3, 0.4) is 0 Å². The molecule has 0 fully saturated rings. The molecule has 0 heterocycles. The van der Waals surface area contributed by atoms with Gasteiger partial charge in [-0.25, -0.2) is 0 Å². The van der Waals surface area contributed by atoms with E-state index in [9.17, 15) is 9.59 Å². The summed E-state index contributed by atoms with van der Waals surface area (Å²) in [6.07, 6.45) is -0.0833. The van der Waals surface area contributed by atoms with Gasteiger partial charge >= 0.3 is 29.0 Å². The number of carbonyl (C=O) groups is 2. The molecule has 0 aliphatic rings. The van der Waals surface area contributed by atoms with Crippen molar-refractivity contribution < 1.29 is 36.9 Å². The molecule has 0 aromatic rings. The molecule has 0 bridgehead atoms. The molecule has 0 saturated carbocycles. The Bertz CT molecular complexity index is 127. The molecule has 0 aromatic carbocycles. The van der Waals surface area contributed by atoms with Crippen molar-refractivity contribution in [2.45, 2.75) is 12.8 Å². The Hall–Kier alpha value is -0.621. The Balaban J connectivity index is -0.000000143. The number of carboxylic acid groups (broad SMARTS) is 2. The summed E-state index contributed by atoms with van der Waals surface area (Å²) in [5.41, 5.74) is 12.7. The summed E-state index contributed by atoms with van der Waals surface area (Å²) in [6.45, 7) is -0.0370. The monoisotopic (exact) mass is 239 g/mol. The van der Waals surface area contributed by atoms with Crippen LogP contribution in [0.15, 0.2) is 0 Å². The van der Waals surface area contributed by atoms with E-state index in [1.165, 1.54) is 0 Å². The fourth-order valence-electron chi connectivity index (χ4n) is 0.214. The van der Waals surface area contributed by atoms with Crippen molar-refractivity contribution in [2.75, 3.05) is 13.1 Å².